The van der Waals surface area contributed by atoms with E-state index >= 15 is 0 Å². The maximum absolute atomic E-state index is 12.7. The van der Waals surface area contributed by atoms with Crippen LogP contribution in [-0.4, -0.2) is 62.3 Å². The van der Waals surface area contributed by atoms with Gasteiger partial charge in [-0.05, 0) is 22.6 Å². The zero-order chi connectivity index (χ0) is 23.3. The Morgan fingerprint density at radius 3 is 2.18 bits per heavy atom. The minimum atomic E-state index is -3.46. The molecule has 1 aromatic heterocycles. The van der Waals surface area contributed by atoms with Crippen LogP contribution in [0.3, 0.4) is 0 Å². The highest BCUT2D eigenvalue weighted by Gasteiger charge is 2.29. The first-order valence-corrected chi connectivity index (χ1v) is 13.0. The summed E-state index contributed by atoms with van der Waals surface area (Å²) in [5, 5.41) is 1.82. The van der Waals surface area contributed by atoms with E-state index in [0.717, 1.165) is 16.7 Å². The minimum Gasteiger partial charge on any atom is -0.451 e. The van der Waals surface area contributed by atoms with Gasteiger partial charge >= 0.3 is 5.97 Å². The van der Waals surface area contributed by atoms with E-state index in [2.05, 4.69) is 0 Å². The van der Waals surface area contributed by atoms with Crippen molar-refractivity contribution in [3.63, 3.8) is 0 Å². The van der Waals surface area contributed by atoms with Crippen molar-refractivity contribution in [1.29, 1.82) is 0 Å². The predicted molar refractivity (Wildman–Crippen MR) is 127 cm³/mol. The molecule has 0 saturated carbocycles. The molecule has 2 aromatic carbocycles. The van der Waals surface area contributed by atoms with Crippen molar-refractivity contribution in [1.82, 2.24) is 9.21 Å². The fraction of sp³-hybridized carbons (Fsp3) is 0.250. The predicted octanol–water partition coefficient (Wildman–Crippen LogP) is 3.25. The van der Waals surface area contributed by atoms with Gasteiger partial charge < -0.3 is 9.64 Å². The summed E-state index contributed by atoms with van der Waals surface area (Å²) in [5.41, 5.74) is 2.41. The lowest BCUT2D eigenvalue weighted by Crippen LogP contribution is -2.51. The molecule has 3 aromatic rings. The number of amides is 1. The molecule has 0 spiro atoms. The van der Waals surface area contributed by atoms with Gasteiger partial charge in [-0.1, -0.05) is 60.7 Å². The number of hydrogen-bond acceptors (Lipinski definition) is 6. The molecule has 0 N–H and O–H groups in total. The van der Waals surface area contributed by atoms with E-state index < -0.39 is 16.0 Å². The number of rotatable bonds is 7. The first kappa shape index (κ1) is 23.2. The summed E-state index contributed by atoms with van der Waals surface area (Å²) in [6.07, 6.45) is 0. The van der Waals surface area contributed by atoms with Crippen molar-refractivity contribution >= 4 is 33.2 Å². The Morgan fingerprint density at radius 1 is 0.879 bits per heavy atom. The van der Waals surface area contributed by atoms with Gasteiger partial charge in [0.15, 0.2) is 6.61 Å². The van der Waals surface area contributed by atoms with Gasteiger partial charge in [0.25, 0.3) is 5.91 Å². The van der Waals surface area contributed by atoms with Crippen LogP contribution in [0.5, 0.6) is 0 Å². The zero-order valence-electron chi connectivity index (χ0n) is 17.9. The Labute approximate surface area is 197 Å². The normalized spacial score (nSPS) is 14.7. The fourth-order valence-electron chi connectivity index (χ4n) is 3.69. The van der Waals surface area contributed by atoms with Crippen molar-refractivity contribution in [2.24, 2.45) is 0 Å². The van der Waals surface area contributed by atoms with Gasteiger partial charge in [0, 0.05) is 31.7 Å². The van der Waals surface area contributed by atoms with Crippen LogP contribution in [0.4, 0.5) is 0 Å². The third-order valence-corrected chi connectivity index (χ3v) is 8.18. The van der Waals surface area contributed by atoms with E-state index in [0.29, 0.717) is 4.88 Å². The number of ether oxygens (including phenoxy) is 1. The molecular weight excluding hydrogens is 460 g/mol. The zero-order valence-corrected chi connectivity index (χ0v) is 19.6. The number of benzene rings is 2. The molecule has 0 atom stereocenters. The first-order valence-electron chi connectivity index (χ1n) is 10.5. The number of sulfonamides is 1. The topological polar surface area (TPSA) is 84.0 Å². The molecule has 2 heterocycles. The van der Waals surface area contributed by atoms with Crippen LogP contribution in [0.25, 0.3) is 11.1 Å². The van der Waals surface area contributed by atoms with E-state index in [-0.39, 0.29) is 44.4 Å². The second-order valence-electron chi connectivity index (χ2n) is 7.63. The molecule has 1 amide bonds. The number of thiophene rings is 1. The van der Waals surface area contributed by atoms with Crippen molar-refractivity contribution in [3.8, 4) is 11.1 Å². The Balaban J connectivity index is 1.29. The van der Waals surface area contributed by atoms with E-state index in [9.17, 15) is 18.0 Å². The lowest BCUT2D eigenvalue weighted by molar-refractivity contribution is -0.135. The molecule has 4 rings (SSSR count). The van der Waals surface area contributed by atoms with E-state index in [1.165, 1.54) is 20.5 Å². The molecule has 0 bridgehead atoms. The Bertz CT molecular complexity index is 1200. The van der Waals surface area contributed by atoms with Crippen LogP contribution in [0.15, 0.2) is 72.1 Å². The molecule has 0 radical (unpaired) electrons. The molecule has 1 saturated heterocycles. The molecule has 172 valence electrons. The van der Waals surface area contributed by atoms with Crippen LogP contribution >= 0.6 is 11.3 Å². The second-order valence-corrected chi connectivity index (χ2v) is 10.5. The van der Waals surface area contributed by atoms with E-state index in [1.54, 1.807) is 12.1 Å². The summed E-state index contributed by atoms with van der Waals surface area (Å²) < 4.78 is 32.1. The quantitative estimate of drug-likeness (QED) is 0.481. The van der Waals surface area contributed by atoms with Gasteiger partial charge in [-0.25, -0.2) is 13.2 Å². The maximum Gasteiger partial charge on any atom is 0.349 e. The highest BCUT2D eigenvalue weighted by atomic mass is 32.2. The smallest absolute Gasteiger partial charge is 0.349 e. The number of hydrogen-bond donors (Lipinski definition) is 0. The van der Waals surface area contributed by atoms with Crippen LogP contribution < -0.4 is 0 Å². The van der Waals surface area contributed by atoms with E-state index in [4.69, 9.17) is 4.74 Å². The van der Waals surface area contributed by atoms with Gasteiger partial charge in [-0.15, -0.1) is 11.3 Å². The van der Waals surface area contributed by atoms with Crippen molar-refractivity contribution in [2.75, 3.05) is 32.8 Å². The number of carbonyl (C=O) groups is 2. The third-order valence-electron chi connectivity index (χ3n) is 5.44. The summed E-state index contributed by atoms with van der Waals surface area (Å²) in [4.78, 5) is 27.1. The Hall–Kier alpha value is -3.01. The van der Waals surface area contributed by atoms with Gasteiger partial charge in [-0.3, -0.25) is 4.79 Å². The van der Waals surface area contributed by atoms with Gasteiger partial charge in [-0.2, -0.15) is 4.31 Å². The molecule has 0 unspecified atom stereocenters. The summed E-state index contributed by atoms with van der Waals surface area (Å²) >= 11 is 1.27. The molecule has 33 heavy (non-hydrogen) atoms. The molecular formula is C24H24N2O5S2. The highest BCUT2D eigenvalue weighted by molar-refractivity contribution is 7.88. The standard InChI is InChI=1S/C24H24N2O5S2/c27-22(17-31-24(28)23-21(11-16-32-23)20-9-5-2-6-10-20)25-12-14-26(15-13-25)33(29,30)18-19-7-3-1-4-8-19/h1-11,16H,12-15,17-18H2. The average Bonchev–Trinajstić information content (AvgIpc) is 3.33. The second kappa shape index (κ2) is 10.3. The average molecular weight is 485 g/mol. The van der Waals surface area contributed by atoms with Crippen molar-refractivity contribution < 1.29 is 22.7 Å². The Kier molecular flexibility index (Phi) is 7.22. The molecule has 9 heteroatoms. The van der Waals surface area contributed by atoms with Crippen molar-refractivity contribution in [3.05, 3.63) is 82.6 Å². The number of esters is 1. The van der Waals surface area contributed by atoms with Crippen LogP contribution in [-0.2, 0) is 25.3 Å². The third kappa shape index (κ3) is 5.68. The van der Waals surface area contributed by atoms with Crippen LogP contribution in [0.2, 0.25) is 0 Å². The highest BCUT2D eigenvalue weighted by Crippen LogP contribution is 2.28. The maximum atomic E-state index is 12.7. The molecule has 1 aliphatic heterocycles. The SMILES string of the molecule is O=C(OCC(=O)N1CCN(S(=O)(=O)Cc2ccccc2)CC1)c1sccc1-c1ccccc1. The summed E-state index contributed by atoms with van der Waals surface area (Å²) in [5.74, 6) is -0.938. The molecule has 7 nitrogen and oxygen atoms in total. The van der Waals surface area contributed by atoms with Gasteiger partial charge in [0.1, 0.15) is 4.88 Å². The number of carbonyl (C=O) groups excluding carboxylic acids is 2. The first-order chi connectivity index (χ1) is 15.9. The largest absolute Gasteiger partial charge is 0.451 e. The fourth-order valence-corrected chi connectivity index (χ4v) is 6.01. The minimum absolute atomic E-state index is 0.0655. The van der Waals surface area contributed by atoms with Crippen LogP contribution in [0, 0.1) is 0 Å². The number of piperazine rings is 1. The molecule has 0 aliphatic carbocycles. The summed E-state index contributed by atoms with van der Waals surface area (Å²) in [6, 6.07) is 20.4. The molecule has 1 aliphatic rings. The van der Waals surface area contributed by atoms with Crippen molar-refractivity contribution in [2.45, 2.75) is 5.75 Å². The lowest BCUT2D eigenvalue weighted by Gasteiger charge is -2.33. The van der Waals surface area contributed by atoms with E-state index in [1.807, 2.05) is 60.0 Å². The lowest BCUT2D eigenvalue weighted by atomic mass is 10.1. The Morgan fingerprint density at radius 2 is 1.52 bits per heavy atom. The number of nitrogens with zero attached hydrogens (tertiary/aromatic N) is 2. The van der Waals surface area contributed by atoms with Gasteiger partial charge in [0.2, 0.25) is 10.0 Å². The summed E-state index contributed by atoms with van der Waals surface area (Å²) in [7, 11) is -3.46. The summed E-state index contributed by atoms with van der Waals surface area (Å²) in [6.45, 7) is 0.592. The molecule has 1 fully saturated rings. The van der Waals surface area contributed by atoms with Crippen LogP contribution in [0.1, 0.15) is 15.2 Å². The van der Waals surface area contributed by atoms with Gasteiger partial charge in [0.05, 0.1) is 5.75 Å². The monoisotopic (exact) mass is 484 g/mol.